The lowest BCUT2D eigenvalue weighted by molar-refractivity contribution is 0.0695. The molecule has 19 heavy (non-hydrogen) atoms. The molecule has 0 atom stereocenters. The fourth-order valence-corrected chi connectivity index (χ4v) is 3.54. The molecule has 2 N–H and O–H groups in total. The summed E-state index contributed by atoms with van der Waals surface area (Å²) in [6.07, 6.45) is 5.14. The van der Waals surface area contributed by atoms with Gasteiger partial charge in [-0.05, 0) is 47.0 Å². The smallest absolute Gasteiger partial charge is 0.336 e. The van der Waals surface area contributed by atoms with Crippen molar-refractivity contribution >= 4 is 31.9 Å². The van der Waals surface area contributed by atoms with Gasteiger partial charge in [-0.1, -0.05) is 12.2 Å². The molecule has 102 valence electrons. The molecule has 0 heterocycles. The van der Waals surface area contributed by atoms with E-state index >= 15 is 0 Å². The summed E-state index contributed by atoms with van der Waals surface area (Å²) in [5.74, 6) is -1.17. The number of halogens is 1. The summed E-state index contributed by atoms with van der Waals surface area (Å²) in [5, 5.41) is 8.98. The minimum Gasteiger partial charge on any atom is -0.478 e. The molecule has 0 aliphatic heterocycles. The van der Waals surface area contributed by atoms with Crippen molar-refractivity contribution in [3.63, 3.8) is 0 Å². The average molecular weight is 346 g/mol. The van der Waals surface area contributed by atoms with Crippen LogP contribution in [0.3, 0.4) is 0 Å². The molecule has 5 nitrogen and oxygen atoms in total. The van der Waals surface area contributed by atoms with E-state index in [0.29, 0.717) is 17.3 Å². The van der Waals surface area contributed by atoms with Gasteiger partial charge in [-0.2, -0.15) is 0 Å². The second-order valence-corrected chi connectivity index (χ2v) is 6.78. The summed E-state index contributed by atoms with van der Waals surface area (Å²) in [7, 11) is -3.69. The number of carboxylic acids is 1. The minimum absolute atomic E-state index is 0.0417. The van der Waals surface area contributed by atoms with Gasteiger partial charge in [-0.15, -0.1) is 0 Å². The Bertz CT molecular complexity index is 631. The van der Waals surface area contributed by atoms with Crippen LogP contribution < -0.4 is 4.72 Å². The van der Waals surface area contributed by atoms with Crippen LogP contribution in [0.25, 0.3) is 0 Å². The highest BCUT2D eigenvalue weighted by Crippen LogP contribution is 2.22. The van der Waals surface area contributed by atoms with Crippen molar-refractivity contribution in [1.29, 1.82) is 0 Å². The van der Waals surface area contributed by atoms with E-state index in [4.69, 9.17) is 5.11 Å². The van der Waals surface area contributed by atoms with Crippen LogP contribution in [0.2, 0.25) is 0 Å². The number of benzene rings is 1. The van der Waals surface area contributed by atoms with Crippen LogP contribution in [0, 0.1) is 0 Å². The average Bonchev–Trinajstić information content (AvgIpc) is 2.80. The third kappa shape index (κ3) is 3.23. The number of sulfonamides is 1. The Hall–Kier alpha value is -1.18. The highest BCUT2D eigenvalue weighted by molar-refractivity contribution is 9.10. The van der Waals surface area contributed by atoms with Crippen molar-refractivity contribution in [2.75, 3.05) is 0 Å². The third-order valence-corrected chi connectivity index (χ3v) is 5.02. The van der Waals surface area contributed by atoms with Crippen LogP contribution in [0.1, 0.15) is 23.2 Å². The lowest BCUT2D eigenvalue weighted by atomic mass is 10.2. The van der Waals surface area contributed by atoms with Crippen molar-refractivity contribution in [2.24, 2.45) is 0 Å². The maximum Gasteiger partial charge on any atom is 0.336 e. The Morgan fingerprint density at radius 2 is 1.95 bits per heavy atom. The van der Waals surface area contributed by atoms with Crippen molar-refractivity contribution in [3.05, 3.63) is 40.4 Å². The van der Waals surface area contributed by atoms with Gasteiger partial charge in [0.1, 0.15) is 0 Å². The molecule has 0 saturated heterocycles. The molecule has 0 aromatic heterocycles. The molecule has 0 spiro atoms. The van der Waals surface area contributed by atoms with Gasteiger partial charge in [0.2, 0.25) is 10.0 Å². The first-order valence-electron chi connectivity index (χ1n) is 5.60. The van der Waals surface area contributed by atoms with Crippen LogP contribution in [0.5, 0.6) is 0 Å². The molecule has 2 rings (SSSR count). The van der Waals surface area contributed by atoms with E-state index in [-0.39, 0.29) is 16.5 Å². The van der Waals surface area contributed by atoms with Gasteiger partial charge in [0.25, 0.3) is 0 Å². The second-order valence-electron chi connectivity index (χ2n) is 4.21. The van der Waals surface area contributed by atoms with Crippen LogP contribution in [-0.2, 0) is 10.0 Å². The Morgan fingerprint density at radius 3 is 2.53 bits per heavy atom. The highest BCUT2D eigenvalue weighted by Gasteiger charge is 2.22. The zero-order valence-corrected chi connectivity index (χ0v) is 12.2. The minimum atomic E-state index is -3.69. The molecule has 0 fully saturated rings. The molecule has 0 amide bonds. The zero-order chi connectivity index (χ0) is 14.0. The standard InChI is InChI=1S/C12H12BrNO4S/c13-11-6-5-9(7-10(11)12(15)16)19(17,18)14-8-3-1-2-4-8/h1-2,5-8,14H,3-4H2,(H,15,16). The number of carboxylic acid groups (broad SMARTS) is 1. The van der Waals surface area contributed by atoms with Crippen LogP contribution in [0.4, 0.5) is 0 Å². The fraction of sp³-hybridized carbons (Fsp3) is 0.250. The van der Waals surface area contributed by atoms with E-state index < -0.39 is 16.0 Å². The number of hydrogen-bond donors (Lipinski definition) is 2. The molecule has 1 aliphatic rings. The highest BCUT2D eigenvalue weighted by atomic mass is 79.9. The van der Waals surface area contributed by atoms with Crippen molar-refractivity contribution in [1.82, 2.24) is 4.72 Å². The van der Waals surface area contributed by atoms with E-state index in [9.17, 15) is 13.2 Å². The summed E-state index contributed by atoms with van der Waals surface area (Å²) >= 11 is 3.08. The van der Waals surface area contributed by atoms with Gasteiger partial charge in [0.15, 0.2) is 0 Å². The van der Waals surface area contributed by atoms with Crippen molar-refractivity contribution in [2.45, 2.75) is 23.8 Å². The molecule has 0 unspecified atom stereocenters. The molecule has 1 aromatic carbocycles. The summed E-state index contributed by atoms with van der Waals surface area (Å²) < 4.78 is 27.2. The SMILES string of the molecule is O=C(O)c1cc(S(=O)(=O)NC2CC=CC2)ccc1Br. The molecular weight excluding hydrogens is 334 g/mol. The Morgan fingerprint density at radius 1 is 1.32 bits per heavy atom. The van der Waals surface area contributed by atoms with E-state index in [2.05, 4.69) is 20.7 Å². The molecule has 0 radical (unpaired) electrons. The van der Waals surface area contributed by atoms with Crippen molar-refractivity contribution in [3.8, 4) is 0 Å². The second kappa shape index (κ2) is 5.44. The molecule has 1 aliphatic carbocycles. The van der Waals surface area contributed by atoms with Crippen molar-refractivity contribution < 1.29 is 18.3 Å². The monoisotopic (exact) mass is 345 g/mol. The maximum atomic E-state index is 12.1. The first-order chi connectivity index (χ1) is 8.90. The third-order valence-electron chi connectivity index (χ3n) is 2.81. The quantitative estimate of drug-likeness (QED) is 0.819. The number of carbonyl (C=O) groups is 1. The van der Waals surface area contributed by atoms with E-state index in [0.717, 1.165) is 6.07 Å². The summed E-state index contributed by atoms with van der Waals surface area (Å²) in [6, 6.07) is 3.80. The van der Waals surface area contributed by atoms with Gasteiger partial charge in [0.05, 0.1) is 10.5 Å². The first kappa shape index (κ1) is 14.2. The Kier molecular flexibility index (Phi) is 4.07. The van der Waals surface area contributed by atoms with Gasteiger partial charge in [0, 0.05) is 10.5 Å². The van der Waals surface area contributed by atoms with E-state index in [1.54, 1.807) is 0 Å². The number of rotatable bonds is 4. The number of hydrogen-bond acceptors (Lipinski definition) is 3. The zero-order valence-electron chi connectivity index (χ0n) is 9.84. The predicted molar refractivity (Wildman–Crippen MR) is 73.6 cm³/mol. The molecule has 1 aromatic rings. The Balaban J connectivity index is 2.29. The lowest BCUT2D eigenvalue weighted by Gasteiger charge is -2.13. The number of nitrogens with one attached hydrogen (secondary N) is 1. The molecule has 0 bridgehead atoms. The summed E-state index contributed by atoms with van der Waals surface area (Å²) in [6.45, 7) is 0. The van der Waals surface area contributed by atoms with Gasteiger partial charge in [-0.3, -0.25) is 0 Å². The lowest BCUT2D eigenvalue weighted by Crippen LogP contribution is -2.33. The number of aromatic carboxylic acids is 1. The van der Waals surface area contributed by atoms with E-state index in [1.807, 2.05) is 12.2 Å². The predicted octanol–water partition coefficient (Wildman–Crippen LogP) is 2.14. The Labute approximate surface area is 119 Å². The topological polar surface area (TPSA) is 83.5 Å². The van der Waals surface area contributed by atoms with Gasteiger partial charge < -0.3 is 5.11 Å². The van der Waals surface area contributed by atoms with Gasteiger partial charge >= 0.3 is 5.97 Å². The van der Waals surface area contributed by atoms with Crippen LogP contribution in [-0.4, -0.2) is 25.5 Å². The summed E-state index contributed by atoms with van der Waals surface area (Å²) in [4.78, 5) is 10.9. The maximum absolute atomic E-state index is 12.1. The normalized spacial score (nSPS) is 15.8. The fourth-order valence-electron chi connectivity index (χ4n) is 1.84. The first-order valence-corrected chi connectivity index (χ1v) is 7.88. The molecule has 0 saturated carbocycles. The largest absolute Gasteiger partial charge is 0.478 e. The van der Waals surface area contributed by atoms with Gasteiger partial charge in [-0.25, -0.2) is 17.9 Å². The molecule has 7 heteroatoms. The summed E-state index contributed by atoms with van der Waals surface area (Å²) in [5.41, 5.74) is -0.0765. The van der Waals surface area contributed by atoms with Crippen LogP contribution >= 0.6 is 15.9 Å². The van der Waals surface area contributed by atoms with E-state index in [1.165, 1.54) is 12.1 Å². The molecular formula is C12H12BrNO4S. The van der Waals surface area contributed by atoms with Crippen LogP contribution in [0.15, 0.2) is 39.7 Å².